The van der Waals surface area contributed by atoms with Crippen molar-refractivity contribution in [3.63, 3.8) is 0 Å². The van der Waals surface area contributed by atoms with E-state index in [-0.39, 0.29) is 51.4 Å². The first kappa shape index (κ1) is 18.9. The molecule has 72 valence electrons. The molecule has 0 saturated heterocycles. The minimum absolute atomic E-state index is 0. The maximum atomic E-state index is 10.4. The zero-order valence-electron chi connectivity index (χ0n) is 4.79. The van der Waals surface area contributed by atoms with Gasteiger partial charge in [0.2, 0.25) is 0 Å². The molecular formula is C2H5F4KO4S. The van der Waals surface area contributed by atoms with Gasteiger partial charge in [0.15, 0.2) is 0 Å². The SMILES string of the molecule is FC(F)C(F)F.O=S(=O)(O)O.[KH]. The van der Waals surface area contributed by atoms with Crippen molar-refractivity contribution in [1.82, 2.24) is 0 Å². The molecule has 0 aliphatic rings. The molecule has 0 unspecified atom stereocenters. The summed E-state index contributed by atoms with van der Waals surface area (Å²) in [5, 5.41) is 0. The minimum atomic E-state index is -4.67. The van der Waals surface area contributed by atoms with Gasteiger partial charge in [-0.2, -0.15) is 8.42 Å². The molecule has 0 amide bonds. The molecule has 0 aliphatic heterocycles. The van der Waals surface area contributed by atoms with Crippen LogP contribution in [0.4, 0.5) is 17.6 Å². The first-order chi connectivity index (χ1) is 4.64. The molecule has 0 aromatic heterocycles. The Hall–Kier alpha value is 1.23. The molecule has 0 atom stereocenters. The quantitative estimate of drug-likeness (QED) is 0.390. The summed E-state index contributed by atoms with van der Waals surface area (Å²) < 4.78 is 73.2. The van der Waals surface area contributed by atoms with Crippen molar-refractivity contribution in [2.24, 2.45) is 0 Å². The van der Waals surface area contributed by atoms with Crippen LogP contribution in [0.15, 0.2) is 0 Å². The van der Waals surface area contributed by atoms with Crippen LogP contribution in [0.1, 0.15) is 0 Å². The predicted octanol–water partition coefficient (Wildman–Crippen LogP) is 0.215. The molecule has 0 bridgehead atoms. The molecule has 0 aromatic rings. The van der Waals surface area contributed by atoms with E-state index >= 15 is 0 Å². The van der Waals surface area contributed by atoms with E-state index in [1.165, 1.54) is 0 Å². The van der Waals surface area contributed by atoms with Gasteiger partial charge in [0.1, 0.15) is 0 Å². The summed E-state index contributed by atoms with van der Waals surface area (Å²) >= 11 is 0. The summed E-state index contributed by atoms with van der Waals surface area (Å²) in [6.07, 6.45) is -6.96. The number of alkyl halides is 4. The first-order valence-electron chi connectivity index (χ1n) is 1.90. The van der Waals surface area contributed by atoms with Crippen molar-refractivity contribution in [1.29, 1.82) is 0 Å². The molecule has 0 heterocycles. The zero-order valence-corrected chi connectivity index (χ0v) is 5.60. The molecule has 4 nitrogen and oxygen atoms in total. The van der Waals surface area contributed by atoms with Gasteiger partial charge in [-0.25, -0.2) is 17.6 Å². The number of halogens is 4. The van der Waals surface area contributed by atoms with Crippen LogP contribution in [0.2, 0.25) is 0 Å². The second kappa shape index (κ2) is 8.81. The van der Waals surface area contributed by atoms with Crippen LogP contribution >= 0.6 is 0 Å². The molecule has 2 N–H and O–H groups in total. The molecule has 0 spiro atoms. The summed E-state index contributed by atoms with van der Waals surface area (Å²) in [4.78, 5) is 0. The van der Waals surface area contributed by atoms with Gasteiger partial charge in [0.25, 0.3) is 12.9 Å². The maximum absolute atomic E-state index is 10.4. The molecule has 0 saturated carbocycles. The molecule has 12 heavy (non-hydrogen) atoms. The Balaban J connectivity index is -0.000000126. The number of rotatable bonds is 1. The van der Waals surface area contributed by atoms with Crippen LogP contribution in [0.25, 0.3) is 0 Å². The number of hydrogen-bond acceptors (Lipinski definition) is 2. The van der Waals surface area contributed by atoms with E-state index in [4.69, 9.17) is 17.5 Å². The molecule has 0 rings (SSSR count). The summed E-state index contributed by atoms with van der Waals surface area (Å²) in [5.74, 6) is 0. The Labute approximate surface area is 108 Å². The summed E-state index contributed by atoms with van der Waals surface area (Å²) in [5.41, 5.74) is 0. The zero-order chi connectivity index (χ0) is 9.65. The average Bonchev–Trinajstić information content (AvgIpc) is 1.59. The van der Waals surface area contributed by atoms with E-state index in [1.807, 2.05) is 0 Å². The molecule has 0 aromatic carbocycles. The fourth-order valence-electron chi connectivity index (χ4n) is 0. The van der Waals surface area contributed by atoms with Crippen molar-refractivity contribution >= 4 is 61.8 Å². The standard InChI is InChI=1S/C2H2F4.K.H2O4S.H/c3-1(4)2(5)6;;1-5(2,3)4;/h1-2H;;(H2,1,2,3,4);. The Morgan fingerprint density at radius 3 is 1.00 bits per heavy atom. The van der Waals surface area contributed by atoms with Crippen LogP contribution in [-0.2, 0) is 10.4 Å². The van der Waals surface area contributed by atoms with Crippen LogP contribution in [0.3, 0.4) is 0 Å². The fraction of sp³-hybridized carbons (Fsp3) is 1.00. The van der Waals surface area contributed by atoms with Crippen LogP contribution in [0, 0.1) is 0 Å². The van der Waals surface area contributed by atoms with E-state index in [9.17, 15) is 17.6 Å². The summed E-state index contributed by atoms with van der Waals surface area (Å²) in [6.45, 7) is 0. The molecule has 0 fully saturated rings. The fourth-order valence-corrected chi connectivity index (χ4v) is 0. The van der Waals surface area contributed by atoms with Gasteiger partial charge in [0, 0.05) is 0 Å². The Bertz CT molecular complexity index is 165. The second-order valence-corrected chi connectivity index (χ2v) is 2.01. The van der Waals surface area contributed by atoms with Gasteiger partial charge < -0.3 is 0 Å². The predicted molar refractivity (Wildman–Crippen MR) is 33.3 cm³/mol. The van der Waals surface area contributed by atoms with Crippen molar-refractivity contribution in [3.8, 4) is 0 Å². The van der Waals surface area contributed by atoms with Crippen molar-refractivity contribution in [3.05, 3.63) is 0 Å². The van der Waals surface area contributed by atoms with Crippen molar-refractivity contribution in [2.75, 3.05) is 0 Å². The van der Waals surface area contributed by atoms with Crippen molar-refractivity contribution in [2.45, 2.75) is 12.9 Å². The Morgan fingerprint density at radius 1 is 0.917 bits per heavy atom. The third-order valence-corrected chi connectivity index (χ3v) is 0.190. The van der Waals surface area contributed by atoms with Gasteiger partial charge in [-0.3, -0.25) is 9.11 Å². The van der Waals surface area contributed by atoms with Crippen LogP contribution in [-0.4, -0.2) is 81.8 Å². The second-order valence-electron chi connectivity index (χ2n) is 1.12. The molecule has 0 radical (unpaired) electrons. The molecular weight excluding hydrogens is 235 g/mol. The van der Waals surface area contributed by atoms with Crippen molar-refractivity contribution < 1.29 is 35.1 Å². The van der Waals surface area contributed by atoms with Gasteiger partial charge in [-0.1, -0.05) is 0 Å². The van der Waals surface area contributed by atoms with Gasteiger partial charge >= 0.3 is 61.8 Å². The van der Waals surface area contributed by atoms with Crippen LogP contribution in [0.5, 0.6) is 0 Å². The Kier molecular flexibility index (Phi) is 13.9. The third-order valence-electron chi connectivity index (χ3n) is 0.190. The molecule has 0 aliphatic carbocycles. The topological polar surface area (TPSA) is 74.6 Å². The van der Waals surface area contributed by atoms with E-state index in [0.29, 0.717) is 0 Å². The van der Waals surface area contributed by atoms with E-state index in [2.05, 4.69) is 0 Å². The molecule has 10 heteroatoms. The normalized spacial score (nSPS) is 10.3. The monoisotopic (exact) mass is 240 g/mol. The summed E-state index contributed by atoms with van der Waals surface area (Å²) in [6, 6.07) is 0. The van der Waals surface area contributed by atoms with E-state index in [1.54, 1.807) is 0 Å². The van der Waals surface area contributed by atoms with E-state index in [0.717, 1.165) is 0 Å². The van der Waals surface area contributed by atoms with E-state index < -0.39 is 23.2 Å². The van der Waals surface area contributed by atoms with Gasteiger partial charge in [-0.05, 0) is 0 Å². The Morgan fingerprint density at radius 2 is 1.00 bits per heavy atom. The van der Waals surface area contributed by atoms with Gasteiger partial charge in [-0.15, -0.1) is 0 Å². The number of hydrogen-bond donors (Lipinski definition) is 2. The van der Waals surface area contributed by atoms with Gasteiger partial charge in [0.05, 0.1) is 0 Å². The third kappa shape index (κ3) is 43.0. The summed E-state index contributed by atoms with van der Waals surface area (Å²) in [7, 11) is -4.67. The average molecular weight is 240 g/mol. The first-order valence-corrected chi connectivity index (χ1v) is 3.30. The van der Waals surface area contributed by atoms with Crippen LogP contribution < -0.4 is 0 Å².